The molecule has 4 nitrogen and oxygen atoms in total. The smallest absolute Gasteiger partial charge is 0.410 e. The summed E-state index contributed by atoms with van der Waals surface area (Å²) in [5.41, 5.74) is 0.781. The van der Waals surface area contributed by atoms with Crippen molar-refractivity contribution >= 4 is 6.09 Å². The third-order valence-corrected chi connectivity index (χ3v) is 3.49. The monoisotopic (exact) mass is 313 g/mol. The Morgan fingerprint density at radius 3 is 2.59 bits per heavy atom. The first-order valence-electron chi connectivity index (χ1n) is 7.21. The second kappa shape index (κ2) is 5.83. The number of alkyl halides is 2. The average molecular weight is 313 g/mol. The van der Waals surface area contributed by atoms with Crippen LogP contribution in [0.3, 0.4) is 0 Å². The summed E-state index contributed by atoms with van der Waals surface area (Å²) in [6.07, 6.45) is 0.150. The van der Waals surface area contributed by atoms with Gasteiger partial charge in [-0.25, -0.2) is 4.79 Å². The first-order valence-corrected chi connectivity index (χ1v) is 7.21. The Kier molecular flexibility index (Phi) is 4.42. The molecule has 1 N–H and O–H groups in total. The Labute approximate surface area is 128 Å². The molecule has 1 amide bonds. The number of rotatable bonds is 2. The molecule has 0 unspecified atom stereocenters. The van der Waals surface area contributed by atoms with Crippen LogP contribution < -0.4 is 0 Å². The lowest BCUT2D eigenvalue weighted by Crippen LogP contribution is -2.40. The van der Waals surface area contributed by atoms with Gasteiger partial charge >= 0.3 is 6.09 Å². The fraction of sp³-hybridized carbons (Fsp3) is 0.562. The third kappa shape index (κ3) is 3.74. The summed E-state index contributed by atoms with van der Waals surface area (Å²) in [4.78, 5) is 13.6. The molecule has 6 heteroatoms. The molecule has 0 saturated heterocycles. The Balaban J connectivity index is 2.18. The lowest BCUT2D eigenvalue weighted by atomic mass is 9.95. The zero-order chi connectivity index (χ0) is 16.5. The highest BCUT2D eigenvalue weighted by molar-refractivity contribution is 5.68. The number of benzene rings is 1. The van der Waals surface area contributed by atoms with Crippen LogP contribution in [-0.4, -0.2) is 34.9 Å². The van der Waals surface area contributed by atoms with Gasteiger partial charge in [0.05, 0.1) is 0 Å². The lowest BCUT2D eigenvalue weighted by molar-refractivity contribution is -0.0557. The van der Waals surface area contributed by atoms with Crippen molar-refractivity contribution in [2.75, 3.05) is 13.2 Å². The molecule has 0 atom stereocenters. The maximum atomic E-state index is 13.6. The Morgan fingerprint density at radius 1 is 1.32 bits per heavy atom. The molecule has 0 bridgehead atoms. The zero-order valence-corrected chi connectivity index (χ0v) is 13.0. The van der Waals surface area contributed by atoms with Crippen molar-refractivity contribution in [3.8, 4) is 0 Å². The largest absolute Gasteiger partial charge is 0.444 e. The molecular formula is C16H21F2NO3. The van der Waals surface area contributed by atoms with Crippen LogP contribution in [0.1, 0.15) is 37.5 Å². The van der Waals surface area contributed by atoms with Crippen LogP contribution in [0.2, 0.25) is 0 Å². The molecule has 0 aromatic heterocycles. The SMILES string of the molecule is CC(C)(C)OC(=O)N1CCc2ccc(C(F)(F)CO)cc2C1. The molecule has 1 heterocycles. The second-order valence-corrected chi connectivity index (χ2v) is 6.50. The number of aliphatic hydroxyl groups excluding tert-OH is 1. The zero-order valence-electron chi connectivity index (χ0n) is 13.0. The second-order valence-electron chi connectivity index (χ2n) is 6.50. The average Bonchev–Trinajstić information content (AvgIpc) is 2.44. The molecule has 1 aliphatic rings. The van der Waals surface area contributed by atoms with Gasteiger partial charge in [0.1, 0.15) is 12.2 Å². The lowest BCUT2D eigenvalue weighted by Gasteiger charge is -2.31. The summed E-state index contributed by atoms with van der Waals surface area (Å²) in [6.45, 7) is 4.84. The Hall–Kier alpha value is -1.69. The van der Waals surface area contributed by atoms with E-state index in [1.165, 1.54) is 17.0 Å². The number of hydrogen-bond donors (Lipinski definition) is 1. The number of carbonyl (C=O) groups is 1. The molecule has 1 aromatic rings. The summed E-state index contributed by atoms with van der Waals surface area (Å²) < 4.78 is 32.5. The molecule has 1 aromatic carbocycles. The van der Waals surface area contributed by atoms with E-state index in [2.05, 4.69) is 0 Å². The van der Waals surface area contributed by atoms with Gasteiger partial charge in [0.25, 0.3) is 5.92 Å². The summed E-state index contributed by atoms with van der Waals surface area (Å²) in [5, 5.41) is 8.78. The van der Waals surface area contributed by atoms with Crippen molar-refractivity contribution < 1.29 is 23.4 Å². The van der Waals surface area contributed by atoms with E-state index in [1.807, 2.05) is 0 Å². The molecule has 22 heavy (non-hydrogen) atoms. The van der Waals surface area contributed by atoms with Crippen molar-refractivity contribution in [1.82, 2.24) is 4.90 Å². The van der Waals surface area contributed by atoms with Crippen LogP contribution in [0.15, 0.2) is 18.2 Å². The normalized spacial score (nSPS) is 15.5. The Bertz CT molecular complexity index is 567. The van der Waals surface area contributed by atoms with E-state index >= 15 is 0 Å². The number of carbonyl (C=O) groups excluding carboxylic acids is 1. The van der Waals surface area contributed by atoms with E-state index < -0.39 is 24.2 Å². The highest BCUT2D eigenvalue weighted by atomic mass is 19.3. The minimum absolute atomic E-state index is 0.236. The topological polar surface area (TPSA) is 49.8 Å². The number of fused-ring (bicyclic) bond motifs is 1. The van der Waals surface area contributed by atoms with Crippen molar-refractivity contribution in [2.45, 2.75) is 45.3 Å². The van der Waals surface area contributed by atoms with Crippen molar-refractivity contribution in [3.63, 3.8) is 0 Å². The minimum atomic E-state index is -3.27. The minimum Gasteiger partial charge on any atom is -0.444 e. The first-order chi connectivity index (χ1) is 10.1. The van der Waals surface area contributed by atoms with Gasteiger partial charge in [0.15, 0.2) is 0 Å². The molecule has 122 valence electrons. The van der Waals surface area contributed by atoms with Crippen LogP contribution in [0, 0.1) is 0 Å². The molecule has 2 rings (SSSR count). The number of aliphatic hydroxyl groups is 1. The summed E-state index contributed by atoms with van der Waals surface area (Å²) in [6, 6.07) is 4.33. The van der Waals surface area contributed by atoms with E-state index in [4.69, 9.17) is 9.84 Å². The molecular weight excluding hydrogens is 292 g/mol. The van der Waals surface area contributed by atoms with Crippen LogP contribution in [0.25, 0.3) is 0 Å². The number of nitrogens with zero attached hydrogens (tertiary/aromatic N) is 1. The fourth-order valence-electron chi connectivity index (χ4n) is 2.36. The fourth-order valence-corrected chi connectivity index (χ4v) is 2.36. The summed E-state index contributed by atoms with van der Waals surface area (Å²) in [5.74, 6) is -3.27. The van der Waals surface area contributed by atoms with Crippen LogP contribution in [0.4, 0.5) is 13.6 Å². The van der Waals surface area contributed by atoms with Gasteiger partial charge in [-0.15, -0.1) is 0 Å². The Morgan fingerprint density at radius 2 is 2.00 bits per heavy atom. The number of halogens is 2. The standard InChI is InChI=1S/C16H21F2NO3/c1-15(2,3)22-14(21)19-7-6-11-4-5-13(8-12(11)9-19)16(17,18)10-20/h4-5,8,20H,6-7,9-10H2,1-3H3. The van der Waals surface area contributed by atoms with E-state index in [-0.39, 0.29) is 12.1 Å². The third-order valence-electron chi connectivity index (χ3n) is 3.49. The van der Waals surface area contributed by atoms with Crippen molar-refractivity contribution in [1.29, 1.82) is 0 Å². The van der Waals surface area contributed by atoms with Gasteiger partial charge in [0, 0.05) is 18.7 Å². The number of hydrogen-bond acceptors (Lipinski definition) is 3. The van der Waals surface area contributed by atoms with E-state index in [1.54, 1.807) is 26.8 Å². The molecule has 0 spiro atoms. The predicted molar refractivity (Wildman–Crippen MR) is 77.8 cm³/mol. The van der Waals surface area contributed by atoms with Gasteiger partial charge in [-0.1, -0.05) is 12.1 Å². The molecule has 0 saturated carbocycles. The molecule has 0 fully saturated rings. The predicted octanol–water partition coefficient (Wildman–Crippen LogP) is 3.06. The molecule has 0 radical (unpaired) electrons. The van der Waals surface area contributed by atoms with Crippen molar-refractivity contribution in [3.05, 3.63) is 34.9 Å². The highest BCUT2D eigenvalue weighted by Gasteiger charge is 2.32. The maximum Gasteiger partial charge on any atom is 0.410 e. The van der Waals surface area contributed by atoms with E-state index in [9.17, 15) is 13.6 Å². The number of ether oxygens (including phenoxy) is 1. The van der Waals surface area contributed by atoms with Crippen LogP contribution in [0.5, 0.6) is 0 Å². The highest BCUT2D eigenvalue weighted by Crippen LogP contribution is 2.31. The maximum absolute atomic E-state index is 13.6. The van der Waals surface area contributed by atoms with Crippen molar-refractivity contribution in [2.24, 2.45) is 0 Å². The summed E-state index contributed by atoms with van der Waals surface area (Å²) in [7, 11) is 0. The van der Waals surface area contributed by atoms with E-state index in [0.717, 1.165) is 5.56 Å². The van der Waals surface area contributed by atoms with Gasteiger partial charge in [-0.2, -0.15) is 8.78 Å². The van der Waals surface area contributed by atoms with Gasteiger partial charge in [0.2, 0.25) is 0 Å². The van der Waals surface area contributed by atoms with Crippen LogP contribution in [-0.2, 0) is 23.6 Å². The van der Waals surface area contributed by atoms with Gasteiger partial charge in [-0.3, -0.25) is 0 Å². The first kappa shape index (κ1) is 16.7. The summed E-state index contributed by atoms with van der Waals surface area (Å²) >= 11 is 0. The number of amides is 1. The van der Waals surface area contributed by atoms with Gasteiger partial charge < -0.3 is 14.7 Å². The quantitative estimate of drug-likeness (QED) is 0.913. The van der Waals surface area contributed by atoms with Crippen LogP contribution >= 0.6 is 0 Å². The van der Waals surface area contributed by atoms with E-state index in [0.29, 0.717) is 18.5 Å². The molecule has 1 aliphatic heterocycles. The molecule has 0 aliphatic carbocycles. The van der Waals surface area contributed by atoms with Gasteiger partial charge in [-0.05, 0) is 44.4 Å².